The molecule has 0 saturated heterocycles. The molecule has 2 nitrogen and oxygen atoms in total. The zero-order valence-electron chi connectivity index (χ0n) is 9.53. The first-order valence-corrected chi connectivity index (χ1v) is 6.56. The first-order valence-electron chi connectivity index (χ1n) is 6.18. The highest BCUT2D eigenvalue weighted by Crippen LogP contribution is 2.43. The number of Topliss-reactive ketones (excluding diaryl/α,β-unsaturated/α-hetero) is 1. The van der Waals surface area contributed by atoms with Crippen molar-refractivity contribution in [3.8, 4) is 0 Å². The highest BCUT2D eigenvalue weighted by atomic mass is 35.5. The molecule has 90 valence electrons. The third-order valence-electron chi connectivity index (χ3n) is 3.62. The molecule has 3 heteroatoms. The fourth-order valence-corrected chi connectivity index (χ4v) is 2.46. The Labute approximate surface area is 106 Å². The Hall–Kier alpha value is -0.860. The summed E-state index contributed by atoms with van der Waals surface area (Å²) in [6.45, 7) is 0. The molecule has 1 atom stereocenters. The van der Waals surface area contributed by atoms with E-state index in [0.29, 0.717) is 16.5 Å². The summed E-state index contributed by atoms with van der Waals surface area (Å²) in [4.78, 5) is 11.9. The number of halogens is 1. The van der Waals surface area contributed by atoms with Crippen molar-refractivity contribution in [2.45, 2.75) is 31.8 Å². The highest BCUT2D eigenvalue weighted by molar-refractivity contribution is 6.31. The van der Waals surface area contributed by atoms with Crippen LogP contribution in [-0.2, 0) is 0 Å². The van der Waals surface area contributed by atoms with Gasteiger partial charge in [0.25, 0.3) is 0 Å². The lowest BCUT2D eigenvalue weighted by Crippen LogP contribution is -2.04. The molecular formula is C14H15ClO2. The number of carbonyl (C=O) groups excluding carboxylic acids is 1. The Morgan fingerprint density at radius 3 is 2.53 bits per heavy atom. The average molecular weight is 251 g/mol. The first-order chi connectivity index (χ1) is 8.16. The van der Waals surface area contributed by atoms with Crippen LogP contribution in [-0.4, -0.2) is 10.9 Å². The fourth-order valence-electron chi connectivity index (χ4n) is 2.17. The van der Waals surface area contributed by atoms with Crippen molar-refractivity contribution in [3.05, 3.63) is 34.3 Å². The van der Waals surface area contributed by atoms with Crippen LogP contribution >= 0.6 is 11.6 Å². The van der Waals surface area contributed by atoms with Gasteiger partial charge in [0.05, 0.1) is 6.10 Å². The van der Waals surface area contributed by atoms with Crippen LogP contribution in [0.2, 0.25) is 5.02 Å². The lowest BCUT2D eigenvalue weighted by molar-refractivity contribution is 0.0967. The number of aliphatic hydroxyl groups is 1. The van der Waals surface area contributed by atoms with E-state index in [9.17, 15) is 9.90 Å². The molecule has 1 aromatic rings. The van der Waals surface area contributed by atoms with Gasteiger partial charge >= 0.3 is 0 Å². The summed E-state index contributed by atoms with van der Waals surface area (Å²) in [7, 11) is 0. The van der Waals surface area contributed by atoms with Crippen molar-refractivity contribution in [3.63, 3.8) is 0 Å². The van der Waals surface area contributed by atoms with Crippen LogP contribution in [0.3, 0.4) is 0 Å². The number of carbonyl (C=O) groups is 1. The van der Waals surface area contributed by atoms with Crippen molar-refractivity contribution in [2.24, 2.45) is 11.8 Å². The lowest BCUT2D eigenvalue weighted by Gasteiger charge is -2.12. The molecule has 2 saturated carbocycles. The molecule has 0 spiro atoms. The summed E-state index contributed by atoms with van der Waals surface area (Å²) in [5, 5.41) is 10.5. The summed E-state index contributed by atoms with van der Waals surface area (Å²) in [5.41, 5.74) is 1.45. The topological polar surface area (TPSA) is 37.3 Å². The van der Waals surface area contributed by atoms with E-state index in [1.807, 2.05) is 0 Å². The molecule has 0 bridgehead atoms. The van der Waals surface area contributed by atoms with Crippen LogP contribution in [0.15, 0.2) is 18.2 Å². The zero-order chi connectivity index (χ0) is 12.0. The van der Waals surface area contributed by atoms with Gasteiger partial charge in [0.15, 0.2) is 5.78 Å². The summed E-state index contributed by atoms with van der Waals surface area (Å²) in [5.74, 6) is 0.766. The second-order valence-electron chi connectivity index (χ2n) is 5.16. The fraction of sp³-hybridized carbons (Fsp3) is 0.500. The predicted molar refractivity (Wildman–Crippen MR) is 66.2 cm³/mol. The maximum Gasteiger partial charge on any atom is 0.165 e. The summed E-state index contributed by atoms with van der Waals surface area (Å²) < 4.78 is 0. The Morgan fingerprint density at radius 1 is 1.29 bits per heavy atom. The average Bonchev–Trinajstić information content (AvgIpc) is 3.19. The standard InChI is InChI=1S/C14H15ClO2/c15-12-7-10(13(16)8-1-2-8)5-6-11(12)14(17)9-3-4-9/h5-9,14,17H,1-4H2. The monoisotopic (exact) mass is 250 g/mol. The molecule has 0 aliphatic heterocycles. The van der Waals surface area contributed by atoms with Crippen molar-refractivity contribution in [2.75, 3.05) is 0 Å². The minimum atomic E-state index is -0.465. The maximum absolute atomic E-state index is 11.9. The smallest absolute Gasteiger partial charge is 0.165 e. The number of hydrogen-bond acceptors (Lipinski definition) is 2. The van der Waals surface area contributed by atoms with Crippen LogP contribution in [0.25, 0.3) is 0 Å². The molecular weight excluding hydrogens is 236 g/mol. The Balaban J connectivity index is 1.84. The van der Waals surface area contributed by atoms with E-state index in [0.717, 1.165) is 31.2 Å². The number of ketones is 1. The zero-order valence-corrected chi connectivity index (χ0v) is 10.3. The molecule has 1 unspecified atom stereocenters. The van der Waals surface area contributed by atoms with Gasteiger partial charge < -0.3 is 5.11 Å². The molecule has 2 fully saturated rings. The van der Waals surface area contributed by atoms with Crippen LogP contribution in [0.4, 0.5) is 0 Å². The number of rotatable bonds is 4. The lowest BCUT2D eigenvalue weighted by atomic mass is 10.0. The quantitative estimate of drug-likeness (QED) is 0.832. The van der Waals surface area contributed by atoms with Crippen molar-refractivity contribution < 1.29 is 9.90 Å². The van der Waals surface area contributed by atoms with E-state index in [1.54, 1.807) is 18.2 Å². The number of aliphatic hydroxyl groups excluding tert-OH is 1. The van der Waals surface area contributed by atoms with Gasteiger partial charge in [-0.3, -0.25) is 4.79 Å². The maximum atomic E-state index is 11.9. The molecule has 0 radical (unpaired) electrons. The van der Waals surface area contributed by atoms with Gasteiger partial charge in [-0.15, -0.1) is 0 Å². The largest absolute Gasteiger partial charge is 0.388 e. The third kappa shape index (κ3) is 2.24. The molecule has 17 heavy (non-hydrogen) atoms. The molecule has 1 N–H and O–H groups in total. The van der Waals surface area contributed by atoms with Crippen molar-refractivity contribution in [1.29, 1.82) is 0 Å². The normalized spacial score (nSPS) is 21.3. The minimum Gasteiger partial charge on any atom is -0.388 e. The molecule has 3 rings (SSSR count). The summed E-state index contributed by atoms with van der Waals surface area (Å²) in [6, 6.07) is 5.32. The van der Waals surface area contributed by atoms with Gasteiger partial charge in [-0.2, -0.15) is 0 Å². The van der Waals surface area contributed by atoms with Gasteiger partial charge in [0.1, 0.15) is 0 Å². The predicted octanol–water partition coefficient (Wildman–Crippen LogP) is 3.38. The second kappa shape index (κ2) is 4.11. The number of hydrogen-bond donors (Lipinski definition) is 1. The molecule has 0 aromatic heterocycles. The Kier molecular flexibility index (Phi) is 2.72. The summed E-state index contributed by atoms with van der Waals surface area (Å²) in [6.07, 6.45) is 3.68. The van der Waals surface area contributed by atoms with Crippen LogP contribution in [0.1, 0.15) is 47.7 Å². The van der Waals surface area contributed by atoms with Crippen molar-refractivity contribution >= 4 is 17.4 Å². The van der Waals surface area contributed by atoms with E-state index in [2.05, 4.69) is 0 Å². The van der Waals surface area contributed by atoms with Gasteiger partial charge in [-0.25, -0.2) is 0 Å². The Bertz CT molecular complexity index is 461. The van der Waals surface area contributed by atoms with E-state index in [4.69, 9.17) is 11.6 Å². The summed E-state index contributed by atoms with van der Waals surface area (Å²) >= 11 is 6.15. The highest BCUT2D eigenvalue weighted by Gasteiger charge is 2.33. The van der Waals surface area contributed by atoms with Gasteiger partial charge in [0.2, 0.25) is 0 Å². The van der Waals surface area contributed by atoms with E-state index in [1.165, 1.54) is 0 Å². The molecule has 0 heterocycles. The Morgan fingerprint density at radius 2 is 2.00 bits per heavy atom. The van der Waals surface area contributed by atoms with Gasteiger partial charge in [0, 0.05) is 16.5 Å². The third-order valence-corrected chi connectivity index (χ3v) is 3.95. The minimum absolute atomic E-state index is 0.194. The molecule has 2 aliphatic rings. The van der Waals surface area contributed by atoms with E-state index in [-0.39, 0.29) is 11.7 Å². The van der Waals surface area contributed by atoms with Crippen molar-refractivity contribution in [1.82, 2.24) is 0 Å². The molecule has 1 aromatic carbocycles. The van der Waals surface area contributed by atoms with Gasteiger partial charge in [-0.05, 0) is 43.2 Å². The number of benzene rings is 1. The second-order valence-corrected chi connectivity index (χ2v) is 5.56. The van der Waals surface area contributed by atoms with Crippen LogP contribution in [0, 0.1) is 11.8 Å². The van der Waals surface area contributed by atoms with E-state index >= 15 is 0 Å². The first kappa shape index (κ1) is 11.2. The van der Waals surface area contributed by atoms with Crippen LogP contribution < -0.4 is 0 Å². The SMILES string of the molecule is O=C(c1ccc(C(O)C2CC2)c(Cl)c1)C1CC1. The molecule has 2 aliphatic carbocycles. The molecule has 0 amide bonds. The van der Waals surface area contributed by atoms with E-state index < -0.39 is 6.10 Å². The van der Waals surface area contributed by atoms with Crippen LogP contribution in [0.5, 0.6) is 0 Å². The van der Waals surface area contributed by atoms with Gasteiger partial charge in [-0.1, -0.05) is 23.7 Å².